The maximum Gasteiger partial charge on any atom is 0.258 e. The quantitative estimate of drug-likeness (QED) is 0.672. The van der Waals surface area contributed by atoms with Crippen LogP contribution in [0, 0.1) is 0 Å². The van der Waals surface area contributed by atoms with Crippen molar-refractivity contribution in [1.82, 2.24) is 4.98 Å². The standard InChI is InChI=1S/C16H11ClN2OS2/c17-14-10-18-16(22-14)19-15(20)13(9-12-7-4-8-21-12)11-5-2-1-3-6-11/h1-10H,(H,18,19,20)/b13-9-. The lowest BCUT2D eigenvalue weighted by Gasteiger charge is -2.07. The smallest absolute Gasteiger partial charge is 0.258 e. The molecule has 0 aliphatic rings. The van der Waals surface area contributed by atoms with Gasteiger partial charge in [0.25, 0.3) is 5.91 Å². The van der Waals surface area contributed by atoms with Crippen LogP contribution in [0.15, 0.2) is 54.0 Å². The Morgan fingerprint density at radius 3 is 2.64 bits per heavy atom. The Kier molecular flexibility index (Phi) is 4.68. The summed E-state index contributed by atoms with van der Waals surface area (Å²) in [5, 5.41) is 5.26. The molecule has 22 heavy (non-hydrogen) atoms. The Labute approximate surface area is 140 Å². The van der Waals surface area contributed by atoms with Crippen LogP contribution in [-0.4, -0.2) is 10.9 Å². The number of nitrogens with zero attached hydrogens (tertiary/aromatic N) is 1. The van der Waals surface area contributed by atoms with Gasteiger partial charge in [-0.25, -0.2) is 4.98 Å². The zero-order chi connectivity index (χ0) is 15.4. The topological polar surface area (TPSA) is 42.0 Å². The first kappa shape index (κ1) is 15.0. The van der Waals surface area contributed by atoms with Crippen LogP contribution in [0.3, 0.4) is 0 Å². The number of halogens is 1. The number of amides is 1. The Morgan fingerprint density at radius 2 is 2.00 bits per heavy atom. The van der Waals surface area contributed by atoms with Crippen molar-refractivity contribution in [2.45, 2.75) is 0 Å². The van der Waals surface area contributed by atoms with Gasteiger partial charge in [-0.05, 0) is 23.1 Å². The van der Waals surface area contributed by atoms with Crippen LogP contribution in [0.25, 0.3) is 11.6 Å². The number of carbonyl (C=O) groups excluding carboxylic acids is 1. The highest BCUT2D eigenvalue weighted by molar-refractivity contribution is 7.19. The maximum absolute atomic E-state index is 12.6. The second-order valence-corrected chi connectivity index (χ2v) is 7.00. The molecule has 3 aromatic rings. The molecule has 0 atom stereocenters. The minimum atomic E-state index is -0.203. The molecule has 0 saturated heterocycles. The lowest BCUT2D eigenvalue weighted by atomic mass is 10.0. The molecule has 0 aliphatic carbocycles. The van der Waals surface area contributed by atoms with Gasteiger partial charge in [-0.1, -0.05) is 59.3 Å². The highest BCUT2D eigenvalue weighted by Crippen LogP contribution is 2.26. The number of hydrogen-bond acceptors (Lipinski definition) is 4. The normalized spacial score (nSPS) is 11.4. The van der Waals surface area contributed by atoms with E-state index in [0.717, 1.165) is 10.4 Å². The Morgan fingerprint density at radius 1 is 1.18 bits per heavy atom. The van der Waals surface area contributed by atoms with Gasteiger partial charge in [-0.15, -0.1) is 11.3 Å². The molecular formula is C16H11ClN2OS2. The molecule has 1 amide bonds. The van der Waals surface area contributed by atoms with E-state index < -0.39 is 0 Å². The van der Waals surface area contributed by atoms with Gasteiger partial charge >= 0.3 is 0 Å². The number of carbonyl (C=O) groups is 1. The zero-order valence-corrected chi connectivity index (χ0v) is 13.7. The summed E-state index contributed by atoms with van der Waals surface area (Å²) in [5.74, 6) is -0.203. The number of thiophene rings is 1. The summed E-state index contributed by atoms with van der Waals surface area (Å²) in [6, 6.07) is 13.5. The first-order chi connectivity index (χ1) is 10.7. The maximum atomic E-state index is 12.6. The van der Waals surface area contributed by atoms with Gasteiger partial charge in [0, 0.05) is 10.5 Å². The summed E-state index contributed by atoms with van der Waals surface area (Å²) in [6.07, 6.45) is 3.40. The van der Waals surface area contributed by atoms with Gasteiger partial charge in [-0.3, -0.25) is 10.1 Å². The molecule has 1 aromatic carbocycles. The van der Waals surface area contributed by atoms with Crippen molar-refractivity contribution in [2.75, 3.05) is 5.32 Å². The molecule has 0 unspecified atom stereocenters. The van der Waals surface area contributed by atoms with E-state index in [-0.39, 0.29) is 5.91 Å². The monoisotopic (exact) mass is 346 g/mol. The number of aromatic nitrogens is 1. The summed E-state index contributed by atoms with van der Waals surface area (Å²) >= 11 is 8.66. The molecule has 3 rings (SSSR count). The molecule has 1 N–H and O–H groups in total. The fraction of sp³-hybridized carbons (Fsp3) is 0. The Balaban J connectivity index is 1.93. The van der Waals surface area contributed by atoms with Crippen LogP contribution in [-0.2, 0) is 4.79 Å². The molecule has 2 aromatic heterocycles. The molecule has 3 nitrogen and oxygen atoms in total. The summed E-state index contributed by atoms with van der Waals surface area (Å²) < 4.78 is 0.541. The summed E-state index contributed by atoms with van der Waals surface area (Å²) in [5.41, 5.74) is 1.45. The third-order valence-electron chi connectivity index (χ3n) is 2.86. The molecule has 110 valence electrons. The average Bonchev–Trinajstić information content (AvgIpc) is 3.17. The van der Waals surface area contributed by atoms with Gasteiger partial charge in [0.2, 0.25) is 0 Å². The van der Waals surface area contributed by atoms with E-state index in [2.05, 4.69) is 10.3 Å². The van der Waals surface area contributed by atoms with Gasteiger partial charge in [0.15, 0.2) is 5.13 Å². The van der Waals surface area contributed by atoms with E-state index in [4.69, 9.17) is 11.6 Å². The predicted octanol–water partition coefficient (Wildman–Crippen LogP) is 5.04. The molecule has 0 saturated carbocycles. The molecule has 0 aliphatic heterocycles. The van der Waals surface area contributed by atoms with Crippen LogP contribution in [0.4, 0.5) is 5.13 Å². The second-order valence-electron chi connectivity index (χ2n) is 4.36. The van der Waals surface area contributed by atoms with Crippen molar-refractivity contribution in [2.24, 2.45) is 0 Å². The second kappa shape index (κ2) is 6.87. The number of hydrogen-bond donors (Lipinski definition) is 1. The van der Waals surface area contributed by atoms with Crippen molar-refractivity contribution in [1.29, 1.82) is 0 Å². The largest absolute Gasteiger partial charge is 0.298 e. The van der Waals surface area contributed by atoms with Crippen LogP contribution < -0.4 is 5.32 Å². The number of nitrogens with one attached hydrogen (secondary N) is 1. The summed E-state index contributed by atoms with van der Waals surface area (Å²) in [7, 11) is 0. The molecular weight excluding hydrogens is 336 g/mol. The lowest BCUT2D eigenvalue weighted by molar-refractivity contribution is -0.111. The van der Waals surface area contributed by atoms with E-state index in [9.17, 15) is 4.79 Å². The fourth-order valence-corrected chi connectivity index (χ4v) is 3.35. The van der Waals surface area contributed by atoms with Crippen molar-refractivity contribution >= 4 is 57.0 Å². The Bertz CT molecular complexity index is 795. The van der Waals surface area contributed by atoms with Crippen molar-refractivity contribution in [3.8, 4) is 0 Å². The van der Waals surface area contributed by atoms with Crippen molar-refractivity contribution < 1.29 is 4.79 Å². The van der Waals surface area contributed by atoms with E-state index in [1.165, 1.54) is 17.5 Å². The predicted molar refractivity (Wildman–Crippen MR) is 94.4 cm³/mol. The molecule has 6 heteroatoms. The summed E-state index contributed by atoms with van der Waals surface area (Å²) in [4.78, 5) is 17.7. The van der Waals surface area contributed by atoms with E-state index in [0.29, 0.717) is 15.0 Å². The van der Waals surface area contributed by atoms with Crippen LogP contribution in [0.2, 0.25) is 4.34 Å². The minimum absolute atomic E-state index is 0.203. The molecule has 0 spiro atoms. The van der Waals surface area contributed by atoms with Crippen molar-refractivity contribution in [3.05, 3.63) is 68.8 Å². The summed E-state index contributed by atoms with van der Waals surface area (Å²) in [6.45, 7) is 0. The first-order valence-electron chi connectivity index (χ1n) is 6.46. The molecule has 0 radical (unpaired) electrons. The average molecular weight is 347 g/mol. The molecule has 2 heterocycles. The van der Waals surface area contributed by atoms with Gasteiger partial charge in [0.1, 0.15) is 4.34 Å². The minimum Gasteiger partial charge on any atom is -0.298 e. The van der Waals surface area contributed by atoms with Crippen LogP contribution in [0.1, 0.15) is 10.4 Å². The van der Waals surface area contributed by atoms with Crippen molar-refractivity contribution in [3.63, 3.8) is 0 Å². The van der Waals surface area contributed by atoms with Gasteiger partial charge < -0.3 is 0 Å². The Hall–Kier alpha value is -1.95. The number of rotatable bonds is 4. The zero-order valence-electron chi connectivity index (χ0n) is 11.3. The lowest BCUT2D eigenvalue weighted by Crippen LogP contribution is -2.13. The fourth-order valence-electron chi connectivity index (χ4n) is 1.89. The molecule has 0 fully saturated rings. The van der Waals surface area contributed by atoms with E-state index in [1.54, 1.807) is 11.3 Å². The number of benzene rings is 1. The highest BCUT2D eigenvalue weighted by Gasteiger charge is 2.14. The van der Waals surface area contributed by atoms with Gasteiger partial charge in [-0.2, -0.15) is 0 Å². The third kappa shape index (κ3) is 3.62. The van der Waals surface area contributed by atoms with Crippen LogP contribution in [0.5, 0.6) is 0 Å². The SMILES string of the molecule is O=C(Nc1ncc(Cl)s1)/C(=C\c1cccs1)c1ccccc1. The number of anilines is 1. The third-order valence-corrected chi connectivity index (χ3v) is 4.71. The first-order valence-corrected chi connectivity index (χ1v) is 8.53. The molecule has 0 bridgehead atoms. The number of thiazole rings is 1. The van der Waals surface area contributed by atoms with Crippen LogP contribution >= 0.6 is 34.3 Å². The van der Waals surface area contributed by atoms with Gasteiger partial charge in [0.05, 0.1) is 6.20 Å². The van der Waals surface area contributed by atoms with E-state index in [1.807, 2.05) is 53.9 Å². The highest BCUT2D eigenvalue weighted by atomic mass is 35.5. The van der Waals surface area contributed by atoms with E-state index >= 15 is 0 Å².